The zero-order chi connectivity index (χ0) is 8.48. The van der Waals surface area contributed by atoms with E-state index in [2.05, 4.69) is 48.8 Å². The molecule has 0 atom stereocenters. The summed E-state index contributed by atoms with van der Waals surface area (Å²) in [6, 6.07) is 4.25. The van der Waals surface area contributed by atoms with E-state index in [1.54, 1.807) is 11.3 Å². The molecule has 0 radical (unpaired) electrons. The number of rotatable bonds is 1. The van der Waals surface area contributed by atoms with Gasteiger partial charge in [0.15, 0.2) is 0 Å². The predicted molar refractivity (Wildman–Crippen MR) is 57.6 cm³/mol. The molecule has 1 rings (SSSR count). The van der Waals surface area contributed by atoms with Crippen molar-refractivity contribution < 1.29 is 0 Å². The van der Waals surface area contributed by atoms with Crippen molar-refractivity contribution in [2.45, 2.75) is 29.7 Å². The van der Waals surface area contributed by atoms with Crippen molar-refractivity contribution in [1.82, 2.24) is 0 Å². The molecule has 1 aromatic heterocycles. The van der Waals surface area contributed by atoms with E-state index in [1.165, 1.54) is 8.00 Å². The lowest BCUT2D eigenvalue weighted by atomic mass is 10.3. The van der Waals surface area contributed by atoms with E-state index < -0.39 is 0 Å². The van der Waals surface area contributed by atoms with Crippen molar-refractivity contribution in [2.24, 2.45) is 0 Å². The van der Waals surface area contributed by atoms with Gasteiger partial charge in [0.25, 0.3) is 0 Å². The molecule has 0 unspecified atom stereocenters. The highest BCUT2D eigenvalue weighted by molar-refractivity contribution is 9.11. The van der Waals surface area contributed by atoms with Crippen LogP contribution in [0.1, 0.15) is 20.8 Å². The molecule has 0 aliphatic rings. The molecule has 0 nitrogen and oxygen atoms in total. The minimum Gasteiger partial charge on any atom is -0.122 e. The largest absolute Gasteiger partial charge is 0.122 e. The van der Waals surface area contributed by atoms with E-state index in [1.807, 2.05) is 11.8 Å². The second-order valence-electron chi connectivity index (χ2n) is 3.27. The topological polar surface area (TPSA) is 0 Å². The van der Waals surface area contributed by atoms with Crippen LogP contribution < -0.4 is 0 Å². The molecule has 3 heteroatoms. The second-order valence-corrected chi connectivity index (χ2v) is 7.86. The highest BCUT2D eigenvalue weighted by Gasteiger charge is 2.12. The first-order valence-corrected chi connectivity index (χ1v) is 5.84. The van der Waals surface area contributed by atoms with Crippen LogP contribution in [-0.2, 0) is 0 Å². The molecule has 1 heterocycles. The monoisotopic (exact) mass is 250 g/mol. The van der Waals surface area contributed by atoms with Gasteiger partial charge in [0.2, 0.25) is 0 Å². The quantitative estimate of drug-likeness (QED) is 0.666. The summed E-state index contributed by atoms with van der Waals surface area (Å²) in [5.41, 5.74) is 0. The molecule has 0 bridgehead atoms. The summed E-state index contributed by atoms with van der Waals surface area (Å²) >= 11 is 7.15. The minimum atomic E-state index is 0.324. The molecule has 0 fully saturated rings. The van der Waals surface area contributed by atoms with Gasteiger partial charge >= 0.3 is 0 Å². The van der Waals surface area contributed by atoms with Gasteiger partial charge in [-0.15, -0.1) is 23.1 Å². The van der Waals surface area contributed by atoms with Crippen LogP contribution >= 0.6 is 39.0 Å². The third-order valence-corrected chi connectivity index (χ3v) is 3.82. The Morgan fingerprint density at radius 2 is 2.00 bits per heavy atom. The Kier molecular flexibility index (Phi) is 3.06. The first-order chi connectivity index (χ1) is 4.97. The fraction of sp³-hybridized carbons (Fsp3) is 0.500. The van der Waals surface area contributed by atoms with Crippen LogP contribution in [0.3, 0.4) is 0 Å². The zero-order valence-electron chi connectivity index (χ0n) is 6.85. The summed E-state index contributed by atoms with van der Waals surface area (Å²) in [6.45, 7) is 6.68. The van der Waals surface area contributed by atoms with Gasteiger partial charge in [-0.05, 0) is 28.1 Å². The maximum atomic E-state index is 3.44. The van der Waals surface area contributed by atoms with E-state index in [0.717, 1.165) is 0 Å². The minimum absolute atomic E-state index is 0.324. The predicted octanol–water partition coefficient (Wildman–Crippen LogP) is 4.40. The average Bonchev–Trinajstić information content (AvgIpc) is 2.10. The Balaban J connectivity index is 2.65. The Labute approximate surface area is 84.5 Å². The Morgan fingerprint density at radius 3 is 2.36 bits per heavy atom. The summed E-state index contributed by atoms with van der Waals surface area (Å²) in [4.78, 5) is 0. The van der Waals surface area contributed by atoms with E-state index in [9.17, 15) is 0 Å². The third kappa shape index (κ3) is 3.63. The fourth-order valence-electron chi connectivity index (χ4n) is 0.654. The molecule has 0 spiro atoms. The molecule has 11 heavy (non-hydrogen) atoms. The van der Waals surface area contributed by atoms with Crippen molar-refractivity contribution in [3.05, 3.63) is 15.9 Å². The smallest absolute Gasteiger partial charge is 0.0710 e. The number of thiophene rings is 1. The van der Waals surface area contributed by atoms with Crippen LogP contribution in [0.15, 0.2) is 20.1 Å². The zero-order valence-corrected chi connectivity index (χ0v) is 10.1. The van der Waals surface area contributed by atoms with Crippen LogP contribution in [0, 0.1) is 0 Å². The Hall–Kier alpha value is 0.530. The first kappa shape index (κ1) is 9.62. The lowest BCUT2D eigenvalue weighted by Crippen LogP contribution is -2.05. The molecule has 0 saturated heterocycles. The van der Waals surface area contributed by atoms with Crippen molar-refractivity contribution in [2.75, 3.05) is 0 Å². The summed E-state index contributed by atoms with van der Waals surface area (Å²) in [6.07, 6.45) is 0. The summed E-state index contributed by atoms with van der Waals surface area (Å²) in [7, 11) is 0. The highest BCUT2D eigenvalue weighted by Crippen LogP contribution is 2.37. The normalized spacial score (nSPS) is 12.0. The van der Waals surface area contributed by atoms with E-state index in [4.69, 9.17) is 0 Å². The van der Waals surface area contributed by atoms with E-state index in [0.29, 0.717) is 4.75 Å². The standard InChI is InChI=1S/C8H11BrS2/c1-8(2,3)11-7-5-4-6(9)10-7/h4-5H,1-3H3. The molecule has 0 aliphatic carbocycles. The lowest BCUT2D eigenvalue weighted by Gasteiger charge is -2.15. The van der Waals surface area contributed by atoms with Gasteiger partial charge in [-0.2, -0.15) is 0 Å². The van der Waals surface area contributed by atoms with Crippen LogP contribution in [0.25, 0.3) is 0 Å². The van der Waals surface area contributed by atoms with Gasteiger partial charge < -0.3 is 0 Å². The average molecular weight is 251 g/mol. The summed E-state index contributed by atoms with van der Waals surface area (Å²) in [5.74, 6) is 0. The maximum Gasteiger partial charge on any atom is 0.0710 e. The van der Waals surface area contributed by atoms with Gasteiger partial charge in [-0.1, -0.05) is 20.8 Å². The molecule has 1 aromatic rings. The van der Waals surface area contributed by atoms with Crippen LogP contribution in [0.2, 0.25) is 0 Å². The highest BCUT2D eigenvalue weighted by atomic mass is 79.9. The van der Waals surface area contributed by atoms with Gasteiger partial charge in [0.05, 0.1) is 8.00 Å². The number of halogens is 1. The molecule has 62 valence electrons. The maximum absolute atomic E-state index is 3.44. The van der Waals surface area contributed by atoms with Crippen LogP contribution in [0.4, 0.5) is 0 Å². The SMILES string of the molecule is CC(C)(C)Sc1ccc(Br)s1. The van der Waals surface area contributed by atoms with Gasteiger partial charge in [0, 0.05) is 4.75 Å². The van der Waals surface area contributed by atoms with E-state index in [-0.39, 0.29) is 0 Å². The first-order valence-electron chi connectivity index (χ1n) is 3.42. The van der Waals surface area contributed by atoms with Crippen molar-refractivity contribution in [3.63, 3.8) is 0 Å². The van der Waals surface area contributed by atoms with Crippen molar-refractivity contribution in [1.29, 1.82) is 0 Å². The summed E-state index contributed by atoms with van der Waals surface area (Å²) in [5, 5.41) is 0. The molecular formula is C8H11BrS2. The number of thioether (sulfide) groups is 1. The fourth-order valence-corrected chi connectivity index (χ4v) is 4.02. The van der Waals surface area contributed by atoms with Gasteiger partial charge in [-0.3, -0.25) is 0 Å². The molecule has 0 aliphatic heterocycles. The van der Waals surface area contributed by atoms with Gasteiger partial charge in [-0.25, -0.2) is 0 Å². The molecule has 0 saturated carbocycles. The summed E-state index contributed by atoms with van der Waals surface area (Å²) < 4.78 is 2.92. The van der Waals surface area contributed by atoms with Crippen molar-refractivity contribution in [3.8, 4) is 0 Å². The third-order valence-electron chi connectivity index (χ3n) is 0.955. The van der Waals surface area contributed by atoms with Gasteiger partial charge in [0.1, 0.15) is 0 Å². The van der Waals surface area contributed by atoms with E-state index >= 15 is 0 Å². The Bertz CT molecular complexity index is 234. The lowest BCUT2D eigenvalue weighted by molar-refractivity contribution is 0.804. The van der Waals surface area contributed by atoms with Crippen LogP contribution in [0.5, 0.6) is 0 Å². The molecule has 0 amide bonds. The number of hydrogen-bond donors (Lipinski definition) is 0. The second kappa shape index (κ2) is 3.50. The Morgan fingerprint density at radius 1 is 1.36 bits per heavy atom. The molecule has 0 aromatic carbocycles. The van der Waals surface area contributed by atoms with Crippen molar-refractivity contribution >= 4 is 39.0 Å². The number of hydrogen-bond acceptors (Lipinski definition) is 2. The molecule has 0 N–H and O–H groups in total. The molecular weight excluding hydrogens is 240 g/mol. The van der Waals surface area contributed by atoms with Crippen LogP contribution in [-0.4, -0.2) is 4.75 Å².